The number of ether oxygens (including phenoxy) is 3. The number of esters is 1. The Morgan fingerprint density at radius 1 is 1.24 bits per heavy atom. The lowest BCUT2D eigenvalue weighted by atomic mass is 10.0. The van der Waals surface area contributed by atoms with E-state index in [4.69, 9.17) is 9.47 Å². The van der Waals surface area contributed by atoms with Crippen molar-refractivity contribution in [1.82, 2.24) is 28.8 Å². The topological polar surface area (TPSA) is 221 Å². The van der Waals surface area contributed by atoms with Crippen LogP contribution in [0.4, 0.5) is 4.79 Å². The van der Waals surface area contributed by atoms with Crippen LogP contribution in [0.25, 0.3) is 16.9 Å². The lowest BCUT2D eigenvalue weighted by molar-refractivity contribution is -0.283. The van der Waals surface area contributed by atoms with Crippen molar-refractivity contribution in [1.29, 1.82) is 0 Å². The van der Waals surface area contributed by atoms with E-state index < -0.39 is 60.9 Å². The molecule has 3 aromatic rings. The molecule has 1 aliphatic heterocycles. The van der Waals surface area contributed by atoms with Gasteiger partial charge in [0.05, 0.1) is 38.5 Å². The molecule has 208 valence electrons. The minimum Gasteiger partial charge on any atom is -0.467 e. The quantitative estimate of drug-likeness (QED) is 0.114. The molecule has 3 aromatic heterocycles. The number of amides is 1. The lowest BCUT2D eigenvalue weighted by Gasteiger charge is -2.23. The molecule has 1 aliphatic rings. The van der Waals surface area contributed by atoms with Crippen molar-refractivity contribution in [3.8, 4) is 0 Å². The van der Waals surface area contributed by atoms with Crippen molar-refractivity contribution in [3.05, 3.63) is 28.1 Å². The maximum absolute atomic E-state index is 13.6. The van der Waals surface area contributed by atoms with Gasteiger partial charge in [0, 0.05) is 13.5 Å². The number of hydrogen-bond acceptors (Lipinski definition) is 13. The smallest absolute Gasteiger partial charge is 0.407 e. The van der Waals surface area contributed by atoms with Crippen LogP contribution in [0.2, 0.25) is 0 Å². The lowest BCUT2D eigenvalue weighted by Crippen LogP contribution is -2.51. The van der Waals surface area contributed by atoms with Gasteiger partial charge in [-0.15, -0.1) is 0 Å². The summed E-state index contributed by atoms with van der Waals surface area (Å²) in [5.41, 5.74) is 0.123. The number of nitrogens with zero attached hydrogens (tertiary/aromatic N) is 5. The molecular weight excluding hydrogens is 512 g/mol. The number of carbonyl (C=O) groups is 2. The molecule has 0 radical (unpaired) electrons. The normalized spacial score (nSPS) is 23.1. The molecular formula is C21H28N6O11. The van der Waals surface area contributed by atoms with E-state index in [0.29, 0.717) is 5.69 Å². The summed E-state index contributed by atoms with van der Waals surface area (Å²) in [6.07, 6.45) is -6.36. The van der Waals surface area contributed by atoms with Crippen molar-refractivity contribution in [2.24, 2.45) is 7.05 Å². The molecule has 0 bridgehead atoms. The van der Waals surface area contributed by atoms with Gasteiger partial charge >= 0.3 is 12.1 Å². The van der Waals surface area contributed by atoms with E-state index in [1.807, 2.05) is 0 Å². The number of aliphatic hydroxyl groups excluding tert-OH is 3. The predicted octanol–water partition coefficient (Wildman–Crippen LogP) is -2.40. The number of aryl methyl sites for hydroxylation is 2. The van der Waals surface area contributed by atoms with Crippen LogP contribution in [0, 0.1) is 6.92 Å². The van der Waals surface area contributed by atoms with Crippen LogP contribution in [-0.4, -0.2) is 107 Å². The standard InChI is InChI=1S/C21H28N6O11/c1-8-9(5-10(38-34)12(19(32)35-3)24-21(33)36-4)27-17(31)13-16(25(2)20(27)23-8)26(7-22-13)18-15(30)14(29)11(6-28)37-18/h7,10-12,14-15,18,28-30,34H,5-6H2,1-4H3,(H,24,33)/t10?,11-,12?,14-,15-,18-/m1/s1. The molecule has 5 N–H and O–H groups in total. The van der Waals surface area contributed by atoms with Gasteiger partial charge in [0.15, 0.2) is 23.4 Å². The molecule has 4 rings (SSSR count). The number of hydrogen-bond donors (Lipinski definition) is 5. The van der Waals surface area contributed by atoms with Crippen LogP contribution >= 0.6 is 0 Å². The number of rotatable bonds is 8. The van der Waals surface area contributed by atoms with E-state index in [9.17, 15) is 35.0 Å². The third kappa shape index (κ3) is 4.38. The van der Waals surface area contributed by atoms with Crippen molar-refractivity contribution < 1.29 is 49.3 Å². The highest BCUT2D eigenvalue weighted by molar-refractivity contribution is 5.82. The number of methoxy groups -OCH3 is 2. The van der Waals surface area contributed by atoms with Gasteiger partial charge in [0.2, 0.25) is 5.78 Å². The Morgan fingerprint density at radius 3 is 2.53 bits per heavy atom. The highest BCUT2D eigenvalue weighted by atomic mass is 17.1. The van der Waals surface area contributed by atoms with Crippen molar-refractivity contribution in [2.75, 3.05) is 20.8 Å². The monoisotopic (exact) mass is 540 g/mol. The highest BCUT2D eigenvalue weighted by Crippen LogP contribution is 2.31. The minimum absolute atomic E-state index is 0.0462. The fraction of sp³-hybridized carbons (Fsp3) is 0.571. The zero-order valence-corrected chi connectivity index (χ0v) is 20.8. The average Bonchev–Trinajstić information content (AvgIpc) is 3.58. The van der Waals surface area contributed by atoms with E-state index in [1.54, 1.807) is 14.0 Å². The molecule has 0 aliphatic carbocycles. The van der Waals surface area contributed by atoms with Crippen LogP contribution < -0.4 is 10.9 Å². The molecule has 4 heterocycles. The Hall–Kier alpha value is -3.61. The molecule has 17 heteroatoms. The average molecular weight is 540 g/mol. The Bertz CT molecular complexity index is 1410. The third-order valence-corrected chi connectivity index (χ3v) is 6.55. The molecule has 17 nitrogen and oxygen atoms in total. The molecule has 1 saturated heterocycles. The van der Waals surface area contributed by atoms with Gasteiger partial charge in [-0.3, -0.25) is 19.2 Å². The number of fused-ring (bicyclic) bond motifs is 2. The first-order valence-corrected chi connectivity index (χ1v) is 11.4. The number of aromatic nitrogens is 5. The van der Waals surface area contributed by atoms with Gasteiger partial charge in [-0.1, -0.05) is 0 Å². The van der Waals surface area contributed by atoms with Crippen LogP contribution in [0.5, 0.6) is 0 Å². The molecule has 1 amide bonds. The molecule has 38 heavy (non-hydrogen) atoms. The highest BCUT2D eigenvalue weighted by Gasteiger charge is 2.44. The summed E-state index contributed by atoms with van der Waals surface area (Å²) in [7, 11) is 3.75. The zero-order chi connectivity index (χ0) is 27.9. The van der Waals surface area contributed by atoms with Crippen LogP contribution in [0.15, 0.2) is 11.1 Å². The molecule has 0 aromatic carbocycles. The minimum atomic E-state index is -1.50. The Kier molecular flexibility index (Phi) is 7.68. The first kappa shape index (κ1) is 27.4. The predicted molar refractivity (Wildman–Crippen MR) is 124 cm³/mol. The van der Waals surface area contributed by atoms with E-state index >= 15 is 0 Å². The molecule has 1 fully saturated rings. The maximum atomic E-state index is 13.6. The molecule has 0 saturated carbocycles. The summed E-state index contributed by atoms with van der Waals surface area (Å²) in [4.78, 5) is 50.8. The van der Waals surface area contributed by atoms with Gasteiger partial charge in [0.25, 0.3) is 5.56 Å². The van der Waals surface area contributed by atoms with Gasteiger partial charge in [-0.25, -0.2) is 28.8 Å². The zero-order valence-electron chi connectivity index (χ0n) is 20.8. The van der Waals surface area contributed by atoms with E-state index in [0.717, 1.165) is 14.2 Å². The summed E-state index contributed by atoms with van der Waals surface area (Å²) >= 11 is 0. The van der Waals surface area contributed by atoms with Crippen LogP contribution in [-0.2, 0) is 37.4 Å². The molecule has 6 atom stereocenters. The van der Waals surface area contributed by atoms with Gasteiger partial charge in [-0.2, -0.15) is 0 Å². The fourth-order valence-corrected chi connectivity index (χ4v) is 4.58. The number of nitrogens with one attached hydrogen (secondary N) is 1. The van der Waals surface area contributed by atoms with E-state index in [2.05, 4.69) is 24.9 Å². The van der Waals surface area contributed by atoms with Crippen molar-refractivity contribution in [2.45, 2.75) is 50.0 Å². The summed E-state index contributed by atoms with van der Waals surface area (Å²) in [5.74, 6) is -0.802. The summed E-state index contributed by atoms with van der Waals surface area (Å²) < 4.78 is 18.9. The first-order chi connectivity index (χ1) is 18.1. The number of alkyl carbamates (subject to hydrolysis) is 1. The second kappa shape index (κ2) is 10.6. The number of carbonyl (C=O) groups excluding carboxylic acids is 2. The van der Waals surface area contributed by atoms with Crippen molar-refractivity contribution in [3.63, 3.8) is 0 Å². The van der Waals surface area contributed by atoms with E-state index in [-0.39, 0.29) is 29.1 Å². The van der Waals surface area contributed by atoms with Crippen molar-refractivity contribution >= 4 is 29.0 Å². The maximum Gasteiger partial charge on any atom is 0.407 e. The van der Waals surface area contributed by atoms with Gasteiger partial charge in [-0.05, 0) is 6.92 Å². The second-order valence-electron chi connectivity index (χ2n) is 8.68. The van der Waals surface area contributed by atoms with Crippen LogP contribution in [0.1, 0.15) is 17.6 Å². The summed E-state index contributed by atoms with van der Waals surface area (Å²) in [6.45, 7) is 1.06. The number of aliphatic hydroxyl groups is 3. The van der Waals surface area contributed by atoms with Gasteiger partial charge in [0.1, 0.15) is 24.4 Å². The second-order valence-corrected chi connectivity index (χ2v) is 8.68. The molecule has 0 spiro atoms. The summed E-state index contributed by atoms with van der Waals surface area (Å²) in [6, 6.07) is -1.50. The molecule has 2 unspecified atom stereocenters. The largest absolute Gasteiger partial charge is 0.467 e. The van der Waals surface area contributed by atoms with Crippen LogP contribution in [0.3, 0.4) is 0 Å². The Labute approximate surface area is 213 Å². The fourth-order valence-electron chi connectivity index (χ4n) is 4.58. The summed E-state index contributed by atoms with van der Waals surface area (Å²) in [5, 5.41) is 41.9. The first-order valence-electron chi connectivity index (χ1n) is 11.4. The van der Waals surface area contributed by atoms with Gasteiger partial charge < -0.3 is 34.8 Å². The number of imidazole rings is 2. The Balaban J connectivity index is 1.81. The van der Waals surface area contributed by atoms with E-state index in [1.165, 1.54) is 19.9 Å². The Morgan fingerprint density at radius 2 is 1.95 bits per heavy atom. The SMILES string of the molecule is COC(=O)NC(C(=O)OC)C(Cc1c(C)nc2n(C)c3c(ncn3[C@@H]3O[C@H](CO)[C@@H](O)[C@H]3O)c(=O)n12)OO. The third-order valence-electron chi connectivity index (χ3n) is 6.55.